The van der Waals surface area contributed by atoms with E-state index >= 15 is 0 Å². The summed E-state index contributed by atoms with van der Waals surface area (Å²) in [6.07, 6.45) is 1.21. The lowest BCUT2D eigenvalue weighted by atomic mass is 10.2. The Morgan fingerprint density at radius 2 is 2.05 bits per heavy atom. The Morgan fingerprint density at radius 3 is 2.68 bits per heavy atom. The summed E-state index contributed by atoms with van der Waals surface area (Å²) in [4.78, 5) is 3.85. The van der Waals surface area contributed by atoms with Crippen LogP contribution in [0.15, 0.2) is 45.9 Å². The maximum absolute atomic E-state index is 12.2. The molecule has 1 aromatic carbocycles. The number of halogens is 2. The number of sulfonamides is 1. The van der Waals surface area contributed by atoms with Gasteiger partial charge in [-0.05, 0) is 46.6 Å². The summed E-state index contributed by atoms with van der Waals surface area (Å²) < 4.78 is 27.2. The number of benzene rings is 1. The first kappa shape index (κ1) is 14.3. The van der Waals surface area contributed by atoms with Crippen molar-refractivity contribution in [2.45, 2.75) is 11.8 Å². The van der Waals surface area contributed by atoms with Crippen molar-refractivity contribution in [1.29, 1.82) is 0 Å². The summed E-state index contributed by atoms with van der Waals surface area (Å²) in [7, 11) is -3.67. The molecule has 0 aliphatic heterocycles. The Bertz CT molecular complexity index is 719. The van der Waals surface area contributed by atoms with Crippen molar-refractivity contribution in [3.05, 3.63) is 51.7 Å². The van der Waals surface area contributed by atoms with Crippen molar-refractivity contribution in [2.24, 2.45) is 0 Å². The van der Waals surface area contributed by atoms with E-state index in [1.165, 1.54) is 12.3 Å². The van der Waals surface area contributed by atoms with E-state index in [0.29, 0.717) is 10.2 Å². The van der Waals surface area contributed by atoms with Crippen LogP contribution in [0.3, 0.4) is 0 Å². The molecule has 4 nitrogen and oxygen atoms in total. The van der Waals surface area contributed by atoms with E-state index in [9.17, 15) is 8.42 Å². The molecular weight excluding hydrogens is 352 g/mol. The second-order valence-corrected chi connectivity index (χ2v) is 6.81. The van der Waals surface area contributed by atoms with Gasteiger partial charge in [-0.3, -0.25) is 4.72 Å². The van der Waals surface area contributed by atoms with E-state index in [1.807, 2.05) is 13.0 Å². The molecule has 0 spiro atoms. The molecule has 0 fully saturated rings. The molecule has 1 heterocycles. The summed E-state index contributed by atoms with van der Waals surface area (Å²) in [6.45, 7) is 1.89. The SMILES string of the molecule is Cc1cccc(NS(=O)(=O)c2cnc(Cl)c(Br)c2)c1. The molecule has 1 N–H and O–H groups in total. The first-order chi connectivity index (χ1) is 8.88. The van der Waals surface area contributed by atoms with Gasteiger partial charge in [0.15, 0.2) is 0 Å². The Balaban J connectivity index is 2.35. The maximum Gasteiger partial charge on any atom is 0.263 e. The van der Waals surface area contributed by atoms with Gasteiger partial charge >= 0.3 is 0 Å². The zero-order valence-corrected chi connectivity index (χ0v) is 13.1. The van der Waals surface area contributed by atoms with Crippen molar-refractivity contribution in [3.63, 3.8) is 0 Å². The molecule has 0 amide bonds. The van der Waals surface area contributed by atoms with Crippen LogP contribution in [0.25, 0.3) is 0 Å². The van der Waals surface area contributed by atoms with Gasteiger partial charge < -0.3 is 0 Å². The van der Waals surface area contributed by atoms with Crippen LogP contribution in [0.2, 0.25) is 5.15 Å². The third-order valence-electron chi connectivity index (χ3n) is 2.35. The highest BCUT2D eigenvalue weighted by molar-refractivity contribution is 9.10. The van der Waals surface area contributed by atoms with E-state index in [2.05, 4.69) is 25.6 Å². The van der Waals surface area contributed by atoms with Crippen LogP contribution in [0, 0.1) is 6.92 Å². The number of anilines is 1. The number of hydrogen-bond donors (Lipinski definition) is 1. The van der Waals surface area contributed by atoms with Gasteiger partial charge in [0.2, 0.25) is 0 Å². The highest BCUT2D eigenvalue weighted by Gasteiger charge is 2.16. The molecule has 19 heavy (non-hydrogen) atoms. The van der Waals surface area contributed by atoms with E-state index in [0.717, 1.165) is 5.56 Å². The summed E-state index contributed by atoms with van der Waals surface area (Å²) >= 11 is 8.89. The molecule has 1 aromatic heterocycles. The minimum atomic E-state index is -3.67. The Morgan fingerprint density at radius 1 is 1.32 bits per heavy atom. The molecule has 0 aliphatic carbocycles. The lowest BCUT2D eigenvalue weighted by Crippen LogP contribution is -2.13. The standard InChI is InChI=1S/C12H10BrClN2O2S/c1-8-3-2-4-9(5-8)16-19(17,18)10-6-11(13)12(14)15-7-10/h2-7,16H,1H3. The fourth-order valence-corrected chi connectivity index (χ4v) is 3.10. The molecule has 0 saturated heterocycles. The summed E-state index contributed by atoms with van der Waals surface area (Å²) in [5, 5.41) is 0.217. The van der Waals surface area contributed by atoms with Crippen LogP contribution in [-0.4, -0.2) is 13.4 Å². The lowest BCUT2D eigenvalue weighted by Gasteiger charge is -2.09. The zero-order chi connectivity index (χ0) is 14.0. The summed E-state index contributed by atoms with van der Waals surface area (Å²) in [6, 6.07) is 8.51. The lowest BCUT2D eigenvalue weighted by molar-refractivity contribution is 0.600. The van der Waals surface area contributed by atoms with Crippen molar-refractivity contribution in [3.8, 4) is 0 Å². The van der Waals surface area contributed by atoms with Gasteiger partial charge in [0.05, 0.1) is 4.47 Å². The highest BCUT2D eigenvalue weighted by Crippen LogP contribution is 2.24. The average molecular weight is 362 g/mol. The topological polar surface area (TPSA) is 59.1 Å². The first-order valence-electron chi connectivity index (χ1n) is 5.29. The molecule has 0 atom stereocenters. The molecular formula is C12H10BrClN2O2S. The predicted octanol–water partition coefficient (Wildman–Crippen LogP) is 3.61. The molecule has 0 bridgehead atoms. The minimum Gasteiger partial charge on any atom is -0.280 e. The van der Waals surface area contributed by atoms with Crippen LogP contribution in [-0.2, 0) is 10.0 Å². The predicted molar refractivity (Wildman–Crippen MR) is 78.9 cm³/mol. The smallest absolute Gasteiger partial charge is 0.263 e. The van der Waals surface area contributed by atoms with Gasteiger partial charge in [-0.1, -0.05) is 23.7 Å². The number of nitrogens with one attached hydrogen (secondary N) is 1. The maximum atomic E-state index is 12.2. The Labute approximate surface area is 125 Å². The van der Waals surface area contributed by atoms with E-state index < -0.39 is 10.0 Å². The summed E-state index contributed by atoms with van der Waals surface area (Å²) in [5.41, 5.74) is 1.47. The number of hydrogen-bond acceptors (Lipinski definition) is 3. The monoisotopic (exact) mass is 360 g/mol. The fraction of sp³-hybridized carbons (Fsp3) is 0.0833. The zero-order valence-electron chi connectivity index (χ0n) is 9.89. The molecule has 7 heteroatoms. The van der Waals surface area contributed by atoms with Gasteiger partial charge in [-0.15, -0.1) is 0 Å². The van der Waals surface area contributed by atoms with Crippen LogP contribution >= 0.6 is 27.5 Å². The second kappa shape index (κ2) is 5.48. The molecule has 0 saturated carbocycles. The first-order valence-corrected chi connectivity index (χ1v) is 7.94. The normalized spacial score (nSPS) is 11.3. The number of aryl methyl sites for hydroxylation is 1. The number of pyridine rings is 1. The van der Waals surface area contributed by atoms with Crippen LogP contribution in [0.5, 0.6) is 0 Å². The van der Waals surface area contributed by atoms with Crippen LogP contribution < -0.4 is 4.72 Å². The van der Waals surface area contributed by atoms with Gasteiger partial charge in [-0.25, -0.2) is 13.4 Å². The Hall–Kier alpha value is -1.11. The molecule has 0 aliphatic rings. The van der Waals surface area contributed by atoms with E-state index in [1.54, 1.807) is 18.2 Å². The average Bonchev–Trinajstić information content (AvgIpc) is 2.32. The van der Waals surface area contributed by atoms with Crippen LogP contribution in [0.1, 0.15) is 5.56 Å². The molecule has 100 valence electrons. The van der Waals surface area contributed by atoms with Crippen molar-refractivity contribution in [2.75, 3.05) is 4.72 Å². The van der Waals surface area contributed by atoms with Gasteiger partial charge in [0.25, 0.3) is 10.0 Å². The third-order valence-corrected chi connectivity index (χ3v) is 4.83. The van der Waals surface area contributed by atoms with Crippen molar-refractivity contribution >= 4 is 43.2 Å². The number of nitrogens with zero attached hydrogens (tertiary/aromatic N) is 1. The number of rotatable bonds is 3. The van der Waals surface area contributed by atoms with Crippen molar-refractivity contribution in [1.82, 2.24) is 4.98 Å². The quantitative estimate of drug-likeness (QED) is 0.850. The number of aromatic nitrogens is 1. The second-order valence-electron chi connectivity index (χ2n) is 3.92. The largest absolute Gasteiger partial charge is 0.280 e. The van der Waals surface area contributed by atoms with E-state index in [4.69, 9.17) is 11.6 Å². The van der Waals surface area contributed by atoms with Gasteiger partial charge in [0, 0.05) is 11.9 Å². The fourth-order valence-electron chi connectivity index (χ4n) is 1.47. The minimum absolute atomic E-state index is 0.0466. The molecule has 2 rings (SSSR count). The summed E-state index contributed by atoms with van der Waals surface area (Å²) in [5.74, 6) is 0. The van der Waals surface area contributed by atoms with Gasteiger partial charge in [0.1, 0.15) is 10.0 Å². The van der Waals surface area contributed by atoms with E-state index in [-0.39, 0.29) is 10.0 Å². The third kappa shape index (κ3) is 3.46. The van der Waals surface area contributed by atoms with Crippen molar-refractivity contribution < 1.29 is 8.42 Å². The molecule has 0 radical (unpaired) electrons. The Kier molecular flexibility index (Phi) is 4.13. The molecule has 2 aromatic rings. The van der Waals surface area contributed by atoms with Gasteiger partial charge in [-0.2, -0.15) is 0 Å². The van der Waals surface area contributed by atoms with Crippen LogP contribution in [0.4, 0.5) is 5.69 Å². The highest BCUT2D eigenvalue weighted by atomic mass is 79.9. The molecule has 0 unspecified atom stereocenters.